The summed E-state index contributed by atoms with van der Waals surface area (Å²) in [5, 5.41) is 26.7. The average Bonchev–Trinajstić information content (AvgIpc) is 3.36. The molecule has 0 atom stereocenters. The maximum absolute atomic E-state index is 9.88. The van der Waals surface area contributed by atoms with Gasteiger partial charge in [0.2, 0.25) is 5.95 Å². The zero-order valence-electron chi connectivity index (χ0n) is 21.2. The van der Waals surface area contributed by atoms with Gasteiger partial charge in [-0.1, -0.05) is 47.7 Å². The van der Waals surface area contributed by atoms with Gasteiger partial charge in [-0.3, -0.25) is 4.98 Å². The lowest BCUT2D eigenvalue weighted by molar-refractivity contribution is 0.126. The number of fused-ring (bicyclic) bond motifs is 1. The van der Waals surface area contributed by atoms with Crippen molar-refractivity contribution < 1.29 is 5.11 Å². The number of rotatable bonds is 7. The first-order valence-corrected chi connectivity index (χ1v) is 13.8. The van der Waals surface area contributed by atoms with E-state index in [1.807, 2.05) is 42.5 Å². The predicted octanol–water partition coefficient (Wildman–Crippen LogP) is 6.07. The van der Waals surface area contributed by atoms with Gasteiger partial charge in [0.25, 0.3) is 0 Å². The van der Waals surface area contributed by atoms with E-state index in [-0.39, 0.29) is 12.1 Å². The number of hydrogen-bond donors (Lipinski definition) is 3. The van der Waals surface area contributed by atoms with E-state index in [2.05, 4.69) is 39.9 Å². The van der Waals surface area contributed by atoms with Crippen LogP contribution in [0.4, 0.5) is 16.9 Å². The summed E-state index contributed by atoms with van der Waals surface area (Å²) in [5.74, 6) is 1.26. The molecule has 194 valence electrons. The fraction of sp³-hybridized carbons (Fsp3) is 0.233. The van der Waals surface area contributed by atoms with Crippen LogP contribution in [0.15, 0.2) is 73.1 Å². The van der Waals surface area contributed by atoms with E-state index >= 15 is 0 Å². The van der Waals surface area contributed by atoms with Crippen LogP contribution in [0, 0.1) is 11.3 Å². The topological polar surface area (TPSA) is 120 Å². The monoisotopic (exact) mass is 533 g/mol. The molecule has 0 saturated heterocycles. The Kier molecular flexibility index (Phi) is 7.13. The molecule has 9 heteroatoms. The summed E-state index contributed by atoms with van der Waals surface area (Å²) in [6.45, 7) is 0. The number of thiazole rings is 1. The first-order valence-electron chi connectivity index (χ1n) is 13.0. The molecule has 1 saturated carbocycles. The highest BCUT2D eigenvalue weighted by molar-refractivity contribution is 7.22. The Morgan fingerprint density at radius 1 is 0.923 bits per heavy atom. The lowest BCUT2D eigenvalue weighted by atomic mass is 9.93. The van der Waals surface area contributed by atoms with Crippen LogP contribution in [-0.4, -0.2) is 37.2 Å². The van der Waals surface area contributed by atoms with Crippen LogP contribution in [0.1, 0.15) is 42.5 Å². The van der Waals surface area contributed by atoms with Gasteiger partial charge in [0, 0.05) is 36.5 Å². The summed E-state index contributed by atoms with van der Waals surface area (Å²) in [4.78, 5) is 18.5. The number of aromatic nitrogens is 4. The number of aliphatic hydroxyl groups excluding tert-OH is 1. The summed E-state index contributed by atoms with van der Waals surface area (Å²) < 4.78 is 1.02. The van der Waals surface area contributed by atoms with E-state index in [1.165, 1.54) is 5.56 Å². The number of nitriles is 1. The van der Waals surface area contributed by atoms with E-state index in [0.29, 0.717) is 23.8 Å². The molecule has 0 amide bonds. The number of pyridine rings is 1. The number of hydrogen-bond acceptors (Lipinski definition) is 9. The van der Waals surface area contributed by atoms with Crippen LogP contribution in [-0.2, 0) is 6.42 Å². The summed E-state index contributed by atoms with van der Waals surface area (Å²) in [7, 11) is 0. The third kappa shape index (κ3) is 6.03. The Hall–Kier alpha value is -4.39. The van der Waals surface area contributed by atoms with Crippen molar-refractivity contribution in [1.82, 2.24) is 19.9 Å². The lowest BCUT2D eigenvalue weighted by Gasteiger charge is -2.26. The summed E-state index contributed by atoms with van der Waals surface area (Å²) in [6.07, 6.45) is 7.16. The molecule has 1 fully saturated rings. The van der Waals surface area contributed by atoms with Crippen LogP contribution < -0.4 is 10.6 Å². The molecule has 0 unspecified atom stereocenters. The van der Waals surface area contributed by atoms with Gasteiger partial charge in [0.15, 0.2) is 5.13 Å². The Balaban J connectivity index is 1.27. The van der Waals surface area contributed by atoms with Crippen LogP contribution in [0.2, 0.25) is 0 Å². The molecule has 1 aliphatic carbocycles. The minimum atomic E-state index is -0.211. The van der Waals surface area contributed by atoms with E-state index in [9.17, 15) is 10.4 Å². The molecule has 2 aromatic carbocycles. The first-order chi connectivity index (χ1) is 19.1. The van der Waals surface area contributed by atoms with Gasteiger partial charge in [-0.15, -0.1) is 0 Å². The van der Waals surface area contributed by atoms with Crippen molar-refractivity contribution in [2.45, 2.75) is 44.2 Å². The predicted molar refractivity (Wildman–Crippen MR) is 154 cm³/mol. The van der Waals surface area contributed by atoms with Crippen LogP contribution in [0.5, 0.6) is 0 Å². The zero-order chi connectivity index (χ0) is 26.6. The van der Waals surface area contributed by atoms with Crippen molar-refractivity contribution in [2.75, 3.05) is 10.6 Å². The average molecular weight is 534 g/mol. The summed E-state index contributed by atoms with van der Waals surface area (Å²) in [6, 6.07) is 22.5. The van der Waals surface area contributed by atoms with E-state index in [1.54, 1.807) is 23.7 Å². The Morgan fingerprint density at radius 2 is 1.77 bits per heavy atom. The third-order valence-electron chi connectivity index (χ3n) is 6.86. The molecule has 5 aromatic rings. The van der Waals surface area contributed by atoms with Crippen LogP contribution in [0.3, 0.4) is 0 Å². The SMILES string of the molecule is N#Cc1cncc(-c2ccc3nc(Nc4cc(Cc5ccccc5)nc(NC5CCC(O)CC5)n4)sc3c2)c1. The quantitative estimate of drug-likeness (QED) is 0.231. The van der Waals surface area contributed by atoms with Crippen molar-refractivity contribution in [2.24, 2.45) is 0 Å². The van der Waals surface area contributed by atoms with Gasteiger partial charge < -0.3 is 15.7 Å². The molecule has 0 bridgehead atoms. The first kappa shape index (κ1) is 24.9. The fourth-order valence-corrected chi connectivity index (χ4v) is 5.76. The van der Waals surface area contributed by atoms with Gasteiger partial charge in [0.1, 0.15) is 11.9 Å². The second kappa shape index (κ2) is 11.2. The molecule has 8 nitrogen and oxygen atoms in total. The summed E-state index contributed by atoms with van der Waals surface area (Å²) in [5.41, 5.74) is 5.38. The van der Waals surface area contributed by atoms with Crippen molar-refractivity contribution >= 4 is 38.5 Å². The Morgan fingerprint density at radius 3 is 2.59 bits per heavy atom. The number of aliphatic hydroxyl groups is 1. The molecule has 0 spiro atoms. The minimum absolute atomic E-state index is 0.211. The van der Waals surface area contributed by atoms with E-state index < -0.39 is 0 Å². The minimum Gasteiger partial charge on any atom is -0.393 e. The van der Waals surface area contributed by atoms with Crippen LogP contribution >= 0.6 is 11.3 Å². The molecule has 6 rings (SSSR count). The molecule has 3 aromatic heterocycles. The van der Waals surface area contributed by atoms with Crippen molar-refractivity contribution in [3.8, 4) is 17.2 Å². The molecule has 3 heterocycles. The van der Waals surface area contributed by atoms with Crippen molar-refractivity contribution in [1.29, 1.82) is 5.26 Å². The zero-order valence-corrected chi connectivity index (χ0v) is 22.0. The fourth-order valence-electron chi connectivity index (χ4n) is 4.85. The second-order valence-electron chi connectivity index (χ2n) is 9.78. The van der Waals surface area contributed by atoms with Crippen molar-refractivity contribution in [3.05, 3.63) is 89.9 Å². The van der Waals surface area contributed by atoms with E-state index in [4.69, 9.17) is 15.0 Å². The Bertz CT molecular complexity index is 1640. The van der Waals surface area contributed by atoms with Gasteiger partial charge in [-0.2, -0.15) is 10.2 Å². The number of nitrogens with zero attached hydrogens (tertiary/aromatic N) is 5. The van der Waals surface area contributed by atoms with Gasteiger partial charge >= 0.3 is 0 Å². The van der Waals surface area contributed by atoms with Gasteiger partial charge in [0.05, 0.1) is 27.6 Å². The smallest absolute Gasteiger partial charge is 0.225 e. The maximum atomic E-state index is 9.88. The number of nitrogens with one attached hydrogen (secondary N) is 2. The Labute approximate surface area is 230 Å². The number of anilines is 3. The molecular weight excluding hydrogens is 506 g/mol. The number of benzene rings is 2. The molecule has 0 radical (unpaired) electrons. The summed E-state index contributed by atoms with van der Waals surface area (Å²) >= 11 is 1.55. The standard InChI is InChI=1S/C30H27N7OS/c31-16-20-12-22(18-32-17-20)21-6-11-26-27(14-21)39-30(35-26)37-28-15-24(13-19-4-2-1-3-5-19)34-29(36-28)33-23-7-9-25(38)10-8-23/h1-6,11-12,14-15,17-18,23,25,38H,7-10,13H2,(H2,33,34,35,36,37). The normalized spacial score (nSPS) is 17.0. The lowest BCUT2D eigenvalue weighted by Crippen LogP contribution is -2.29. The maximum Gasteiger partial charge on any atom is 0.225 e. The van der Waals surface area contributed by atoms with Gasteiger partial charge in [-0.05, 0) is 55.0 Å². The van der Waals surface area contributed by atoms with Gasteiger partial charge in [-0.25, -0.2) is 9.97 Å². The highest BCUT2D eigenvalue weighted by atomic mass is 32.1. The molecule has 0 aliphatic heterocycles. The molecule has 3 N–H and O–H groups in total. The van der Waals surface area contributed by atoms with E-state index in [0.717, 1.165) is 57.9 Å². The van der Waals surface area contributed by atoms with Crippen LogP contribution in [0.25, 0.3) is 21.3 Å². The highest BCUT2D eigenvalue weighted by Crippen LogP contribution is 2.32. The highest BCUT2D eigenvalue weighted by Gasteiger charge is 2.20. The molecule has 1 aliphatic rings. The third-order valence-corrected chi connectivity index (χ3v) is 7.79. The molecule has 39 heavy (non-hydrogen) atoms. The van der Waals surface area contributed by atoms with Crippen molar-refractivity contribution in [3.63, 3.8) is 0 Å². The second-order valence-corrected chi connectivity index (χ2v) is 10.8. The molecular formula is C30H27N7OS. The largest absolute Gasteiger partial charge is 0.393 e.